The Kier molecular flexibility index (Phi) is 8.44. The standard InChI is InChI=1S/C42H46ClF2N7O6S/c1-40(2,3)57-38(53)49-36-24(16-46)28-23(9-7-10-27(28)59-36)29-31(43)34-30-33(32(29)45)47-37(56-20-42-13-8-14-50(42)17-21(44)15-42)48-35(30)51-18-22-11-12-25(26(51)19-55-34)52(22)39(54)58-41(4,5)6/h7,9-10,21-22,25-26H,8,11-15,17-20H2,1-6H3,(H,49,53)/t21-,22-,25+,26-,42+/m1/s1/i14D2,20D2. The smallest absolute Gasteiger partial charge is 0.412 e. The summed E-state index contributed by atoms with van der Waals surface area (Å²) in [7, 11) is 0. The molecule has 312 valence electrons. The fourth-order valence-electron chi connectivity index (χ4n) is 9.11. The number of halogens is 3. The molecule has 4 aromatic rings. The molecule has 2 aromatic heterocycles. The van der Waals surface area contributed by atoms with Gasteiger partial charge in [-0.05, 0) is 85.4 Å². The number of hydrogen-bond acceptors (Lipinski definition) is 12. The monoisotopic (exact) mass is 853 g/mol. The number of ether oxygens (including phenoxy) is 4. The Morgan fingerprint density at radius 1 is 1.15 bits per heavy atom. The molecule has 2 bridgehead atoms. The fourth-order valence-corrected chi connectivity index (χ4v) is 10.5. The van der Waals surface area contributed by atoms with Crippen LogP contribution in [-0.4, -0.2) is 106 Å². The van der Waals surface area contributed by atoms with Crippen LogP contribution in [0.2, 0.25) is 5.02 Å². The average molecular weight is 854 g/mol. The van der Waals surface area contributed by atoms with E-state index in [4.69, 9.17) is 38.3 Å². The summed E-state index contributed by atoms with van der Waals surface area (Å²) in [5.41, 5.74) is -3.70. The molecule has 5 aliphatic rings. The summed E-state index contributed by atoms with van der Waals surface area (Å²) in [6.45, 7) is 5.49. The van der Waals surface area contributed by atoms with Crippen LogP contribution in [0.15, 0.2) is 18.2 Å². The summed E-state index contributed by atoms with van der Waals surface area (Å²) in [5, 5.41) is 13.5. The highest BCUT2D eigenvalue weighted by Gasteiger charge is 2.53. The molecule has 9 rings (SSSR count). The summed E-state index contributed by atoms with van der Waals surface area (Å²) < 4.78 is 93.1. The molecule has 0 aliphatic carbocycles. The quantitative estimate of drug-likeness (QED) is 0.206. The molecule has 0 unspecified atom stereocenters. The van der Waals surface area contributed by atoms with Gasteiger partial charge in [0.05, 0.1) is 42.4 Å². The van der Waals surface area contributed by atoms with E-state index in [9.17, 15) is 17.6 Å². The molecule has 0 spiro atoms. The van der Waals surface area contributed by atoms with Crippen molar-refractivity contribution in [2.45, 2.75) is 115 Å². The van der Waals surface area contributed by atoms with Crippen LogP contribution in [0.3, 0.4) is 0 Å². The number of amides is 2. The number of benzene rings is 2. The first-order valence-corrected chi connectivity index (χ1v) is 20.8. The van der Waals surface area contributed by atoms with Crippen LogP contribution in [0.4, 0.5) is 29.2 Å². The van der Waals surface area contributed by atoms with E-state index in [2.05, 4.69) is 16.4 Å². The van der Waals surface area contributed by atoms with Crippen molar-refractivity contribution in [2.24, 2.45) is 0 Å². The Labute approximate surface area is 355 Å². The third-order valence-corrected chi connectivity index (χ3v) is 12.8. The van der Waals surface area contributed by atoms with Crippen molar-refractivity contribution in [2.75, 3.05) is 43.0 Å². The molecule has 4 fully saturated rings. The van der Waals surface area contributed by atoms with E-state index in [0.717, 1.165) is 11.3 Å². The minimum absolute atomic E-state index is 0.00406. The van der Waals surface area contributed by atoms with Crippen LogP contribution < -0.4 is 19.7 Å². The summed E-state index contributed by atoms with van der Waals surface area (Å²) in [5.74, 6) is -0.863. The molecule has 1 N–H and O–H groups in total. The van der Waals surface area contributed by atoms with E-state index >= 15 is 8.78 Å². The predicted molar refractivity (Wildman–Crippen MR) is 220 cm³/mol. The second-order valence-corrected chi connectivity index (χ2v) is 19.1. The van der Waals surface area contributed by atoms with Crippen LogP contribution >= 0.6 is 22.9 Å². The van der Waals surface area contributed by atoms with E-state index in [0.29, 0.717) is 17.5 Å². The largest absolute Gasteiger partial charge is 0.489 e. The van der Waals surface area contributed by atoms with Crippen molar-refractivity contribution in [1.82, 2.24) is 19.8 Å². The van der Waals surface area contributed by atoms with Gasteiger partial charge in [0.2, 0.25) is 0 Å². The second-order valence-electron chi connectivity index (χ2n) is 17.6. The number of carbonyl (C=O) groups is 2. The Hall–Kier alpha value is -4.72. The van der Waals surface area contributed by atoms with Crippen molar-refractivity contribution < 1.29 is 42.8 Å². The summed E-state index contributed by atoms with van der Waals surface area (Å²) in [6.07, 6.45) is -2.08. The lowest BCUT2D eigenvalue weighted by atomic mass is 9.95. The molecular weight excluding hydrogens is 804 g/mol. The van der Waals surface area contributed by atoms with Gasteiger partial charge < -0.3 is 23.8 Å². The van der Waals surface area contributed by atoms with E-state index in [1.807, 2.05) is 4.90 Å². The Morgan fingerprint density at radius 3 is 2.68 bits per heavy atom. The Balaban J connectivity index is 1.22. The lowest BCUT2D eigenvalue weighted by Gasteiger charge is -2.46. The van der Waals surface area contributed by atoms with E-state index < -0.39 is 72.1 Å². The number of rotatable bonds is 5. The van der Waals surface area contributed by atoms with Gasteiger partial charge in [0.25, 0.3) is 0 Å². The number of nitriles is 1. The molecule has 2 amide bonds. The Morgan fingerprint density at radius 2 is 1.93 bits per heavy atom. The maximum atomic E-state index is 17.9. The van der Waals surface area contributed by atoms with Crippen molar-refractivity contribution in [3.8, 4) is 29.0 Å². The lowest BCUT2D eigenvalue weighted by molar-refractivity contribution is 0.00542. The number of aromatic nitrogens is 2. The molecule has 17 heteroatoms. The molecule has 5 atom stereocenters. The molecule has 59 heavy (non-hydrogen) atoms. The number of alkyl halides is 1. The van der Waals surface area contributed by atoms with Gasteiger partial charge in [0.1, 0.15) is 52.9 Å². The molecule has 0 saturated carbocycles. The highest BCUT2D eigenvalue weighted by atomic mass is 35.5. The van der Waals surface area contributed by atoms with Gasteiger partial charge in [-0.2, -0.15) is 15.2 Å². The van der Waals surface area contributed by atoms with Gasteiger partial charge in [-0.1, -0.05) is 23.7 Å². The van der Waals surface area contributed by atoms with Gasteiger partial charge >= 0.3 is 18.2 Å². The van der Waals surface area contributed by atoms with Gasteiger partial charge in [-0.25, -0.2) is 18.4 Å². The number of piperazine rings is 1. The average Bonchev–Trinajstić information content (AvgIpc) is 3.85. The van der Waals surface area contributed by atoms with Gasteiger partial charge in [-0.3, -0.25) is 15.1 Å². The number of anilines is 2. The van der Waals surface area contributed by atoms with Crippen LogP contribution in [0.1, 0.15) is 84.7 Å². The first kappa shape index (κ1) is 35.1. The summed E-state index contributed by atoms with van der Waals surface area (Å²) in [6, 6.07) is 5.10. The summed E-state index contributed by atoms with van der Waals surface area (Å²) in [4.78, 5) is 40.6. The maximum absolute atomic E-state index is 17.9. The van der Waals surface area contributed by atoms with Crippen LogP contribution in [0, 0.1) is 17.1 Å². The van der Waals surface area contributed by atoms with E-state index in [1.165, 1.54) is 4.90 Å². The molecule has 0 radical (unpaired) electrons. The van der Waals surface area contributed by atoms with E-state index in [1.54, 1.807) is 64.6 Å². The highest BCUT2D eigenvalue weighted by Crippen LogP contribution is 2.52. The van der Waals surface area contributed by atoms with Crippen LogP contribution in [0.5, 0.6) is 11.8 Å². The number of carbonyl (C=O) groups excluding carboxylic acids is 2. The SMILES string of the molecule is [2H]C1([2H])CC[C@@]2(C([2H])([2H])Oc3nc4c5c(c(Cl)c(-c6cccc7sc(NC(=O)OC(C)(C)C)c(C#N)c67)c(F)c5n3)OC[C@@H]3[C@@H]5CC[C@H](CN43)N5C(=O)OC(C)(C)C)C[C@@H](F)CN12. The second kappa shape index (κ2) is 14.2. The number of fused-ring (bicyclic) bond motifs is 7. The maximum Gasteiger partial charge on any atom is 0.412 e. The topological polar surface area (TPSA) is 142 Å². The predicted octanol–water partition coefficient (Wildman–Crippen LogP) is 8.83. The molecule has 4 saturated heterocycles. The number of hydrogen-bond donors (Lipinski definition) is 1. The first-order valence-electron chi connectivity index (χ1n) is 21.6. The third kappa shape index (κ3) is 6.82. The number of nitrogens with one attached hydrogen (secondary N) is 1. The van der Waals surface area contributed by atoms with Crippen molar-refractivity contribution >= 4 is 66.9 Å². The highest BCUT2D eigenvalue weighted by molar-refractivity contribution is 7.23. The van der Waals surface area contributed by atoms with E-state index in [-0.39, 0.29) is 99.6 Å². The van der Waals surface area contributed by atoms with Gasteiger partial charge in [-0.15, -0.1) is 11.3 Å². The van der Waals surface area contributed by atoms with Crippen molar-refractivity contribution in [1.29, 1.82) is 5.26 Å². The Bertz CT molecular complexity index is 2640. The zero-order chi connectivity index (χ0) is 45.3. The van der Waals surface area contributed by atoms with Crippen molar-refractivity contribution in [3.05, 3.63) is 34.6 Å². The zero-order valence-corrected chi connectivity index (χ0v) is 34.9. The van der Waals surface area contributed by atoms with Crippen LogP contribution in [-0.2, 0) is 9.47 Å². The minimum atomic E-state index is -2.77. The molecule has 7 heterocycles. The molecule has 2 aromatic carbocycles. The van der Waals surface area contributed by atoms with Crippen LogP contribution in [0.25, 0.3) is 32.1 Å². The normalized spacial score (nSPS) is 27.1. The number of thiophene rings is 1. The zero-order valence-electron chi connectivity index (χ0n) is 37.4. The molecule has 13 nitrogen and oxygen atoms in total. The molecular formula is C42H46ClF2N7O6S. The fraction of sp³-hybridized carbons (Fsp3) is 0.548. The first-order chi connectivity index (χ1) is 29.4. The van der Waals surface area contributed by atoms with Gasteiger partial charge in [0.15, 0.2) is 11.6 Å². The summed E-state index contributed by atoms with van der Waals surface area (Å²) >= 11 is 8.35. The minimum Gasteiger partial charge on any atom is -0.489 e. The van der Waals surface area contributed by atoms with Gasteiger partial charge in [0, 0.05) is 37.9 Å². The van der Waals surface area contributed by atoms with Crippen molar-refractivity contribution in [3.63, 3.8) is 0 Å². The molecule has 5 aliphatic heterocycles. The lowest BCUT2D eigenvalue weighted by Crippen LogP contribution is -2.63. The number of nitrogens with zero attached hydrogens (tertiary/aromatic N) is 6. The third-order valence-electron chi connectivity index (χ3n) is 11.4.